The molecule has 1 spiro atoms. The molecule has 0 radical (unpaired) electrons. The van der Waals surface area contributed by atoms with Crippen molar-refractivity contribution in [2.45, 2.75) is 32.4 Å². The minimum atomic E-state index is -0.501. The van der Waals surface area contributed by atoms with E-state index >= 15 is 0 Å². The number of hydrogen-bond acceptors (Lipinski definition) is 5. The SMILES string of the molecule is O=C1N(Cc2cc(F)ccc2F)CCC12CCN(c1ccc(CO)nn1)CC2. The number of carbonyl (C=O) groups excluding carboxylic acids is 1. The summed E-state index contributed by atoms with van der Waals surface area (Å²) in [7, 11) is 0. The fourth-order valence-electron chi connectivity index (χ4n) is 4.15. The van der Waals surface area contributed by atoms with E-state index in [0.29, 0.717) is 38.2 Å². The molecule has 0 atom stereocenters. The number of aromatic nitrogens is 2. The van der Waals surface area contributed by atoms with Gasteiger partial charge in [-0.1, -0.05) is 0 Å². The Bertz CT molecular complexity index is 867. The highest BCUT2D eigenvalue weighted by molar-refractivity contribution is 5.85. The van der Waals surface area contributed by atoms with E-state index in [0.717, 1.165) is 30.4 Å². The lowest BCUT2D eigenvalue weighted by Crippen LogP contribution is -2.45. The van der Waals surface area contributed by atoms with Crippen molar-refractivity contribution in [3.63, 3.8) is 0 Å². The van der Waals surface area contributed by atoms with Gasteiger partial charge in [-0.2, -0.15) is 5.10 Å². The van der Waals surface area contributed by atoms with Crippen molar-refractivity contribution in [3.8, 4) is 0 Å². The lowest BCUT2D eigenvalue weighted by Gasteiger charge is -2.38. The van der Waals surface area contributed by atoms with Gasteiger partial charge < -0.3 is 14.9 Å². The summed E-state index contributed by atoms with van der Waals surface area (Å²) >= 11 is 0. The Morgan fingerprint density at radius 1 is 1.04 bits per heavy atom. The van der Waals surface area contributed by atoms with Gasteiger partial charge in [0.15, 0.2) is 5.82 Å². The number of aliphatic hydroxyl groups excluding tert-OH is 1. The number of hydrogen-bond donors (Lipinski definition) is 1. The minimum absolute atomic E-state index is 0.0255. The maximum Gasteiger partial charge on any atom is 0.229 e. The third kappa shape index (κ3) is 3.44. The molecule has 1 aromatic heterocycles. The van der Waals surface area contributed by atoms with E-state index < -0.39 is 17.0 Å². The summed E-state index contributed by atoms with van der Waals surface area (Å²) < 4.78 is 27.4. The fraction of sp³-hybridized carbons (Fsp3) is 0.450. The lowest BCUT2D eigenvalue weighted by atomic mass is 9.77. The Morgan fingerprint density at radius 3 is 2.46 bits per heavy atom. The number of amides is 1. The maximum atomic E-state index is 13.9. The number of benzene rings is 1. The van der Waals surface area contributed by atoms with Crippen LogP contribution in [0.5, 0.6) is 0 Å². The number of rotatable bonds is 4. The third-order valence-corrected chi connectivity index (χ3v) is 5.88. The predicted molar refractivity (Wildman–Crippen MR) is 98.2 cm³/mol. The van der Waals surface area contributed by atoms with Gasteiger partial charge in [-0.15, -0.1) is 5.10 Å². The van der Waals surface area contributed by atoms with E-state index in [2.05, 4.69) is 15.1 Å². The quantitative estimate of drug-likeness (QED) is 0.870. The lowest BCUT2D eigenvalue weighted by molar-refractivity contribution is -0.137. The highest BCUT2D eigenvalue weighted by Crippen LogP contribution is 2.42. The fourth-order valence-corrected chi connectivity index (χ4v) is 4.15. The Kier molecular flexibility index (Phi) is 4.97. The van der Waals surface area contributed by atoms with Gasteiger partial charge in [0.1, 0.15) is 11.6 Å². The summed E-state index contributed by atoms with van der Waals surface area (Å²) in [6.07, 6.45) is 2.11. The molecule has 0 unspecified atom stereocenters. The number of aliphatic hydroxyl groups is 1. The summed E-state index contributed by atoms with van der Waals surface area (Å²) in [5, 5.41) is 17.2. The van der Waals surface area contributed by atoms with Crippen molar-refractivity contribution in [2.75, 3.05) is 24.5 Å². The molecule has 8 heteroatoms. The molecule has 1 amide bonds. The molecule has 0 saturated carbocycles. The molecule has 2 aromatic rings. The van der Waals surface area contributed by atoms with Gasteiger partial charge in [0.2, 0.25) is 5.91 Å². The molecule has 2 fully saturated rings. The van der Waals surface area contributed by atoms with Gasteiger partial charge >= 0.3 is 0 Å². The van der Waals surface area contributed by atoms with Gasteiger partial charge in [-0.05, 0) is 49.6 Å². The Morgan fingerprint density at radius 2 is 1.79 bits per heavy atom. The smallest absolute Gasteiger partial charge is 0.229 e. The van der Waals surface area contributed by atoms with E-state index in [1.807, 2.05) is 6.07 Å². The second kappa shape index (κ2) is 7.43. The summed E-state index contributed by atoms with van der Waals surface area (Å²) in [6, 6.07) is 6.90. The van der Waals surface area contributed by atoms with Gasteiger partial charge in [-0.25, -0.2) is 8.78 Å². The second-order valence-corrected chi connectivity index (χ2v) is 7.52. The van der Waals surface area contributed by atoms with Gasteiger partial charge in [0.25, 0.3) is 0 Å². The average Bonchev–Trinajstić information content (AvgIpc) is 3.01. The third-order valence-electron chi connectivity index (χ3n) is 5.88. The molecule has 1 N–H and O–H groups in total. The number of nitrogens with zero attached hydrogens (tertiary/aromatic N) is 4. The van der Waals surface area contributed by atoms with Crippen LogP contribution < -0.4 is 4.90 Å². The molecular weight excluding hydrogens is 366 g/mol. The van der Waals surface area contributed by atoms with E-state index in [-0.39, 0.29) is 24.6 Å². The van der Waals surface area contributed by atoms with Crippen molar-refractivity contribution >= 4 is 11.7 Å². The summed E-state index contributed by atoms with van der Waals surface area (Å²) in [5.41, 5.74) is 0.296. The number of piperidine rings is 1. The van der Waals surface area contributed by atoms with Crippen LogP contribution in [0.2, 0.25) is 0 Å². The Balaban J connectivity index is 1.41. The van der Waals surface area contributed by atoms with Crippen LogP contribution in [0.15, 0.2) is 30.3 Å². The maximum absolute atomic E-state index is 13.9. The van der Waals surface area contributed by atoms with E-state index in [1.54, 1.807) is 11.0 Å². The Hall–Kier alpha value is -2.61. The number of likely N-dealkylation sites (tertiary alicyclic amines) is 1. The van der Waals surface area contributed by atoms with E-state index in [4.69, 9.17) is 5.11 Å². The standard InChI is InChI=1S/C20H22F2N4O2/c21-15-1-3-17(22)14(11-15)12-26-10-7-20(19(26)28)5-8-25(9-6-20)18-4-2-16(13-27)23-24-18/h1-4,11,27H,5-10,12-13H2. The van der Waals surface area contributed by atoms with Gasteiger partial charge in [0.05, 0.1) is 17.7 Å². The Labute approximate surface area is 161 Å². The zero-order valence-electron chi connectivity index (χ0n) is 15.4. The van der Waals surface area contributed by atoms with Crippen molar-refractivity contribution in [1.82, 2.24) is 15.1 Å². The molecular formula is C20H22F2N4O2. The molecule has 4 rings (SSSR count). The second-order valence-electron chi connectivity index (χ2n) is 7.52. The van der Waals surface area contributed by atoms with Crippen LogP contribution in [0.25, 0.3) is 0 Å². The number of halogens is 2. The predicted octanol–water partition coefficient (Wildman–Crippen LogP) is 2.27. The molecule has 2 aliphatic heterocycles. The zero-order valence-corrected chi connectivity index (χ0v) is 15.4. The van der Waals surface area contributed by atoms with Crippen LogP contribution in [-0.2, 0) is 17.9 Å². The summed E-state index contributed by atoms with van der Waals surface area (Å²) in [5.74, 6) is -0.233. The topological polar surface area (TPSA) is 69.6 Å². The normalized spacial score (nSPS) is 18.9. The van der Waals surface area contributed by atoms with Crippen LogP contribution in [0.4, 0.5) is 14.6 Å². The average molecular weight is 388 g/mol. The highest BCUT2D eigenvalue weighted by Gasteiger charge is 2.48. The van der Waals surface area contributed by atoms with Gasteiger partial charge in [0, 0.05) is 31.7 Å². The minimum Gasteiger partial charge on any atom is -0.390 e. The monoisotopic (exact) mass is 388 g/mol. The van der Waals surface area contributed by atoms with Crippen LogP contribution in [-0.4, -0.2) is 45.7 Å². The molecule has 3 heterocycles. The summed E-state index contributed by atoms with van der Waals surface area (Å²) in [4.78, 5) is 16.8. The van der Waals surface area contributed by atoms with Crippen LogP contribution in [0.3, 0.4) is 0 Å². The summed E-state index contributed by atoms with van der Waals surface area (Å²) in [6.45, 7) is 1.87. The number of carbonyl (C=O) groups is 1. The highest BCUT2D eigenvalue weighted by atomic mass is 19.1. The van der Waals surface area contributed by atoms with Crippen molar-refractivity contribution in [2.24, 2.45) is 5.41 Å². The first kappa shape index (κ1) is 18.7. The first-order valence-electron chi connectivity index (χ1n) is 9.42. The first-order valence-corrected chi connectivity index (χ1v) is 9.42. The van der Waals surface area contributed by atoms with Crippen molar-refractivity contribution in [1.29, 1.82) is 0 Å². The van der Waals surface area contributed by atoms with E-state index in [1.165, 1.54) is 0 Å². The molecule has 28 heavy (non-hydrogen) atoms. The van der Waals surface area contributed by atoms with Crippen LogP contribution in [0.1, 0.15) is 30.5 Å². The van der Waals surface area contributed by atoms with Crippen LogP contribution in [0, 0.1) is 17.0 Å². The number of anilines is 1. The molecule has 1 aromatic carbocycles. The first-order chi connectivity index (χ1) is 13.5. The van der Waals surface area contributed by atoms with Crippen molar-refractivity contribution < 1.29 is 18.7 Å². The van der Waals surface area contributed by atoms with Crippen molar-refractivity contribution in [3.05, 3.63) is 53.2 Å². The molecule has 148 valence electrons. The zero-order chi connectivity index (χ0) is 19.7. The largest absolute Gasteiger partial charge is 0.390 e. The van der Waals surface area contributed by atoms with E-state index in [9.17, 15) is 13.6 Å². The molecule has 2 aliphatic rings. The molecule has 6 nitrogen and oxygen atoms in total. The molecule has 2 saturated heterocycles. The van der Waals surface area contributed by atoms with Gasteiger partial charge in [-0.3, -0.25) is 4.79 Å². The molecule has 0 aliphatic carbocycles. The molecule has 0 bridgehead atoms. The van der Waals surface area contributed by atoms with Crippen LogP contribution >= 0.6 is 0 Å².